The molecule has 1 saturated carbocycles. The summed E-state index contributed by atoms with van der Waals surface area (Å²) in [4.78, 5) is 38.6. The minimum atomic E-state index is -0.719. The minimum absolute atomic E-state index is 0.00169. The lowest BCUT2D eigenvalue weighted by atomic mass is 9.90. The lowest BCUT2D eigenvalue weighted by molar-refractivity contribution is -0.139. The number of ether oxygens (including phenoxy) is 1. The van der Waals surface area contributed by atoms with E-state index in [4.69, 9.17) is 4.74 Å². The van der Waals surface area contributed by atoms with Crippen LogP contribution in [0.25, 0.3) is 11.1 Å². The van der Waals surface area contributed by atoms with Gasteiger partial charge in [-0.1, -0.05) is 55.5 Å². The molecule has 0 radical (unpaired) electrons. The van der Waals surface area contributed by atoms with E-state index < -0.39 is 12.1 Å². The van der Waals surface area contributed by atoms with Crippen LogP contribution in [0.15, 0.2) is 48.5 Å². The highest BCUT2D eigenvalue weighted by atomic mass is 16.5. The van der Waals surface area contributed by atoms with E-state index in [1.54, 1.807) is 0 Å². The second kappa shape index (κ2) is 9.36. The first-order valence-electron chi connectivity index (χ1n) is 12.5. The van der Waals surface area contributed by atoms with Crippen molar-refractivity contribution >= 4 is 18.0 Å². The second-order valence-electron chi connectivity index (χ2n) is 10.1. The molecule has 2 fully saturated rings. The Labute approximate surface area is 205 Å². The molecule has 2 aromatic carbocycles. The fourth-order valence-electron chi connectivity index (χ4n) is 5.89. The van der Waals surface area contributed by atoms with Crippen LogP contribution < -0.4 is 5.32 Å². The maximum absolute atomic E-state index is 12.9. The third-order valence-corrected chi connectivity index (χ3v) is 8.18. The fraction of sp³-hybridized carbons (Fsp3) is 0.464. The molecular weight excluding hydrogens is 444 g/mol. The minimum Gasteiger partial charge on any atom is -0.481 e. The highest BCUT2D eigenvalue weighted by Gasteiger charge is 2.59. The Kier molecular flexibility index (Phi) is 6.26. The summed E-state index contributed by atoms with van der Waals surface area (Å²) in [7, 11) is 0. The van der Waals surface area contributed by atoms with Crippen LogP contribution in [0.1, 0.15) is 56.1 Å². The van der Waals surface area contributed by atoms with Crippen LogP contribution in [0.4, 0.5) is 4.79 Å². The molecule has 1 spiro atoms. The molecule has 7 heteroatoms. The number of amides is 2. The Morgan fingerprint density at radius 3 is 2.20 bits per heavy atom. The zero-order valence-corrected chi connectivity index (χ0v) is 20.0. The van der Waals surface area contributed by atoms with Crippen LogP contribution >= 0.6 is 0 Å². The summed E-state index contributed by atoms with van der Waals surface area (Å²) in [6, 6.07) is 16.1. The van der Waals surface area contributed by atoms with Gasteiger partial charge in [-0.3, -0.25) is 9.59 Å². The molecule has 2 amide bonds. The van der Waals surface area contributed by atoms with Gasteiger partial charge in [-0.15, -0.1) is 0 Å². The number of carboxylic acids is 1. The van der Waals surface area contributed by atoms with Crippen molar-refractivity contribution in [1.29, 1.82) is 0 Å². The average molecular weight is 477 g/mol. The van der Waals surface area contributed by atoms with Gasteiger partial charge in [-0.05, 0) is 53.4 Å². The van der Waals surface area contributed by atoms with E-state index in [1.807, 2.05) is 36.1 Å². The molecule has 35 heavy (non-hydrogen) atoms. The number of benzene rings is 2. The zero-order valence-electron chi connectivity index (χ0n) is 20.0. The summed E-state index contributed by atoms with van der Waals surface area (Å²) in [5.74, 6) is -0.979. The normalized spacial score (nSPS) is 20.6. The number of carbonyl (C=O) groups is 3. The third-order valence-electron chi connectivity index (χ3n) is 8.18. The van der Waals surface area contributed by atoms with E-state index >= 15 is 0 Å². The van der Waals surface area contributed by atoms with Crippen molar-refractivity contribution in [2.45, 2.75) is 51.0 Å². The van der Waals surface area contributed by atoms with Gasteiger partial charge in [0.2, 0.25) is 5.91 Å². The average Bonchev–Trinajstić information content (AvgIpc) is 3.48. The van der Waals surface area contributed by atoms with Crippen molar-refractivity contribution in [2.24, 2.45) is 11.3 Å². The molecule has 0 aromatic heterocycles. The van der Waals surface area contributed by atoms with Gasteiger partial charge in [0.25, 0.3) is 0 Å². The summed E-state index contributed by atoms with van der Waals surface area (Å²) in [6.45, 7) is 3.35. The van der Waals surface area contributed by atoms with Gasteiger partial charge in [0.1, 0.15) is 6.61 Å². The lowest BCUT2D eigenvalue weighted by Crippen LogP contribution is -2.44. The monoisotopic (exact) mass is 476 g/mol. The first-order valence-corrected chi connectivity index (χ1v) is 12.5. The van der Waals surface area contributed by atoms with Crippen LogP contribution in [0, 0.1) is 11.3 Å². The number of aliphatic carboxylic acids is 1. The van der Waals surface area contributed by atoms with Crippen molar-refractivity contribution in [1.82, 2.24) is 10.2 Å². The predicted molar refractivity (Wildman–Crippen MR) is 131 cm³/mol. The van der Waals surface area contributed by atoms with E-state index in [0.29, 0.717) is 19.5 Å². The van der Waals surface area contributed by atoms with E-state index in [9.17, 15) is 19.5 Å². The SMILES string of the molecule is CCC(CC(=O)N1CCC2(CC1)CC2C(=O)O)NC(=O)OCC1c2ccccc2-c2ccccc21. The summed E-state index contributed by atoms with van der Waals surface area (Å²) in [5, 5.41) is 12.1. The van der Waals surface area contributed by atoms with E-state index in [2.05, 4.69) is 29.6 Å². The number of hydrogen-bond acceptors (Lipinski definition) is 4. The molecular formula is C28H32N2O5. The molecule has 2 N–H and O–H groups in total. The van der Waals surface area contributed by atoms with Crippen molar-refractivity contribution in [3.63, 3.8) is 0 Å². The topological polar surface area (TPSA) is 95.9 Å². The van der Waals surface area contributed by atoms with E-state index in [-0.39, 0.29) is 42.2 Å². The van der Waals surface area contributed by atoms with Gasteiger partial charge < -0.3 is 20.1 Å². The molecule has 0 bridgehead atoms. The van der Waals surface area contributed by atoms with Gasteiger partial charge >= 0.3 is 12.1 Å². The van der Waals surface area contributed by atoms with Crippen molar-refractivity contribution < 1.29 is 24.2 Å². The standard InChI is InChI=1S/C28H32N2O5/c1-2-18(15-25(31)30-13-11-28(12-14-30)16-24(28)26(32)33)29-27(34)35-17-23-21-9-5-3-7-19(21)20-8-4-6-10-22(20)23/h3-10,18,23-24H,2,11-17H2,1H3,(H,29,34)(H,32,33). The zero-order chi connectivity index (χ0) is 24.6. The molecule has 1 aliphatic heterocycles. The molecule has 5 rings (SSSR count). The van der Waals surface area contributed by atoms with Gasteiger partial charge in [0.05, 0.1) is 5.92 Å². The van der Waals surface area contributed by atoms with Crippen LogP contribution in [0.3, 0.4) is 0 Å². The van der Waals surface area contributed by atoms with Crippen LogP contribution in [-0.4, -0.2) is 53.7 Å². The number of nitrogens with zero attached hydrogens (tertiary/aromatic N) is 1. The van der Waals surface area contributed by atoms with Gasteiger partial charge in [0, 0.05) is 31.5 Å². The Morgan fingerprint density at radius 2 is 1.66 bits per heavy atom. The van der Waals surface area contributed by atoms with Crippen LogP contribution in [-0.2, 0) is 14.3 Å². The predicted octanol–water partition coefficient (Wildman–Crippen LogP) is 4.41. The molecule has 1 heterocycles. The first kappa shape index (κ1) is 23.4. The number of carboxylic acid groups (broad SMARTS) is 1. The number of carbonyl (C=O) groups excluding carboxylic acids is 2. The van der Waals surface area contributed by atoms with Gasteiger partial charge in [-0.2, -0.15) is 0 Å². The number of likely N-dealkylation sites (tertiary alicyclic amines) is 1. The number of nitrogens with one attached hydrogen (secondary N) is 1. The number of alkyl carbamates (subject to hydrolysis) is 1. The number of hydrogen-bond donors (Lipinski definition) is 2. The van der Waals surface area contributed by atoms with Crippen LogP contribution in [0.2, 0.25) is 0 Å². The smallest absolute Gasteiger partial charge is 0.407 e. The van der Waals surface area contributed by atoms with Crippen molar-refractivity contribution in [2.75, 3.05) is 19.7 Å². The quantitative estimate of drug-likeness (QED) is 0.617. The third kappa shape index (κ3) is 4.51. The molecule has 2 aromatic rings. The second-order valence-corrected chi connectivity index (χ2v) is 10.1. The van der Waals surface area contributed by atoms with E-state index in [0.717, 1.165) is 30.4 Å². The Balaban J connectivity index is 1.12. The molecule has 3 aliphatic rings. The molecule has 1 saturated heterocycles. The lowest BCUT2D eigenvalue weighted by Gasteiger charge is -2.33. The molecule has 184 valence electrons. The summed E-state index contributed by atoms with van der Waals surface area (Å²) >= 11 is 0. The summed E-state index contributed by atoms with van der Waals surface area (Å²) in [5.41, 5.74) is 4.57. The van der Waals surface area contributed by atoms with Crippen LogP contribution in [0.5, 0.6) is 0 Å². The first-order chi connectivity index (χ1) is 16.9. The Hall–Kier alpha value is -3.35. The molecule has 2 atom stereocenters. The number of piperidine rings is 1. The Morgan fingerprint density at radius 1 is 1.06 bits per heavy atom. The van der Waals surface area contributed by atoms with E-state index in [1.165, 1.54) is 11.1 Å². The molecule has 2 unspecified atom stereocenters. The Bertz CT molecular complexity index is 1090. The van der Waals surface area contributed by atoms with Crippen molar-refractivity contribution in [3.8, 4) is 11.1 Å². The molecule has 2 aliphatic carbocycles. The highest BCUT2D eigenvalue weighted by molar-refractivity contribution is 5.80. The highest BCUT2D eigenvalue weighted by Crippen LogP contribution is 2.59. The number of fused-ring (bicyclic) bond motifs is 3. The maximum atomic E-state index is 12.9. The maximum Gasteiger partial charge on any atom is 0.407 e. The summed E-state index contributed by atoms with van der Waals surface area (Å²) < 4.78 is 5.64. The fourth-order valence-corrected chi connectivity index (χ4v) is 5.89. The summed E-state index contributed by atoms with van der Waals surface area (Å²) in [6.07, 6.45) is 2.54. The molecule has 7 nitrogen and oxygen atoms in total. The number of rotatable bonds is 7. The largest absolute Gasteiger partial charge is 0.481 e. The van der Waals surface area contributed by atoms with Gasteiger partial charge in [0.15, 0.2) is 0 Å². The van der Waals surface area contributed by atoms with Crippen molar-refractivity contribution in [3.05, 3.63) is 59.7 Å². The van der Waals surface area contributed by atoms with Gasteiger partial charge in [-0.25, -0.2) is 4.79 Å².